The van der Waals surface area contributed by atoms with Crippen molar-refractivity contribution in [2.45, 2.75) is 38.5 Å². The Morgan fingerprint density at radius 1 is 1.25 bits per heavy atom. The maximum atomic E-state index is 9.48. The molecule has 1 unspecified atom stereocenters. The van der Waals surface area contributed by atoms with Crippen molar-refractivity contribution < 1.29 is 14.6 Å². The summed E-state index contributed by atoms with van der Waals surface area (Å²) in [5, 5.41) is 15.4. The number of nitrogens with two attached hydrogens (primary N) is 1. The number of aliphatic hydroxyl groups is 1. The summed E-state index contributed by atoms with van der Waals surface area (Å²) in [6.45, 7) is 1.88. The molecule has 0 aliphatic carbocycles. The highest BCUT2D eigenvalue weighted by Crippen LogP contribution is 2.34. The lowest BCUT2D eigenvalue weighted by molar-refractivity contribution is -0.0365. The van der Waals surface area contributed by atoms with Gasteiger partial charge in [-0.25, -0.2) is 4.68 Å². The summed E-state index contributed by atoms with van der Waals surface area (Å²) in [4.78, 5) is 4.26. The predicted molar refractivity (Wildman–Crippen MR) is 107 cm³/mol. The second-order valence-electron chi connectivity index (χ2n) is 7.02. The van der Waals surface area contributed by atoms with Crippen molar-refractivity contribution >= 4 is 10.9 Å². The summed E-state index contributed by atoms with van der Waals surface area (Å²) in [7, 11) is 0. The van der Waals surface area contributed by atoms with Crippen LogP contribution in [0.15, 0.2) is 36.7 Å². The molecule has 0 amide bonds. The van der Waals surface area contributed by atoms with E-state index in [4.69, 9.17) is 20.3 Å². The molecule has 0 spiro atoms. The van der Waals surface area contributed by atoms with Crippen LogP contribution in [-0.4, -0.2) is 39.6 Å². The van der Waals surface area contributed by atoms with Crippen molar-refractivity contribution in [3.63, 3.8) is 0 Å². The average Bonchev–Trinajstić information content (AvgIpc) is 3.13. The number of ether oxygens (including phenoxy) is 2. The molecule has 1 saturated heterocycles. The standard InChI is InChI=1S/C21H26N4O3/c22-7-3-9-27-17-5-6-19-18(11-17)21(16-10-15(14-26)12-23-13-16)24-25(19)20-4-1-2-8-28-20/h5-6,10-13,20,26H,1-4,7-9,14,22H2. The van der Waals surface area contributed by atoms with Gasteiger partial charge in [0.1, 0.15) is 11.4 Å². The number of benzene rings is 1. The van der Waals surface area contributed by atoms with Gasteiger partial charge in [-0.15, -0.1) is 0 Å². The summed E-state index contributed by atoms with van der Waals surface area (Å²) in [6.07, 6.45) is 7.34. The minimum absolute atomic E-state index is 0.0569. The van der Waals surface area contributed by atoms with E-state index in [-0.39, 0.29) is 12.8 Å². The van der Waals surface area contributed by atoms with E-state index in [9.17, 15) is 5.11 Å². The van der Waals surface area contributed by atoms with Crippen LogP contribution in [0.25, 0.3) is 22.2 Å². The fourth-order valence-corrected chi connectivity index (χ4v) is 3.54. The first-order valence-electron chi connectivity index (χ1n) is 9.82. The first kappa shape index (κ1) is 18.9. The molecule has 0 bridgehead atoms. The van der Waals surface area contributed by atoms with E-state index in [0.717, 1.165) is 65.8 Å². The monoisotopic (exact) mass is 382 g/mol. The minimum atomic E-state index is -0.0667. The first-order chi connectivity index (χ1) is 13.8. The molecule has 2 aromatic heterocycles. The van der Waals surface area contributed by atoms with Crippen LogP contribution in [-0.2, 0) is 11.3 Å². The lowest BCUT2D eigenvalue weighted by atomic mass is 10.1. The van der Waals surface area contributed by atoms with Gasteiger partial charge in [0.25, 0.3) is 0 Å². The Kier molecular flexibility index (Phi) is 5.85. The fourth-order valence-electron chi connectivity index (χ4n) is 3.54. The molecule has 1 aliphatic rings. The Morgan fingerprint density at radius 2 is 2.18 bits per heavy atom. The van der Waals surface area contributed by atoms with Crippen LogP contribution < -0.4 is 10.5 Å². The number of rotatable bonds is 7. The highest BCUT2D eigenvalue weighted by Gasteiger charge is 2.22. The van der Waals surface area contributed by atoms with Crippen LogP contribution >= 0.6 is 0 Å². The molecule has 3 heterocycles. The number of nitrogens with zero attached hydrogens (tertiary/aromatic N) is 3. The maximum absolute atomic E-state index is 9.48. The molecule has 0 radical (unpaired) electrons. The smallest absolute Gasteiger partial charge is 0.150 e. The predicted octanol–water partition coefficient (Wildman–Crippen LogP) is 3.02. The molecule has 3 aromatic rings. The van der Waals surface area contributed by atoms with Crippen LogP contribution in [0.1, 0.15) is 37.5 Å². The zero-order valence-electron chi connectivity index (χ0n) is 15.9. The van der Waals surface area contributed by atoms with Crippen molar-refractivity contribution in [1.82, 2.24) is 14.8 Å². The molecule has 28 heavy (non-hydrogen) atoms. The zero-order valence-corrected chi connectivity index (χ0v) is 15.9. The third-order valence-electron chi connectivity index (χ3n) is 4.97. The van der Waals surface area contributed by atoms with Gasteiger partial charge in [-0.1, -0.05) is 0 Å². The van der Waals surface area contributed by atoms with Crippen LogP contribution in [0, 0.1) is 0 Å². The van der Waals surface area contributed by atoms with Gasteiger partial charge in [0.05, 0.1) is 18.7 Å². The van der Waals surface area contributed by atoms with Gasteiger partial charge in [-0.3, -0.25) is 4.98 Å². The van der Waals surface area contributed by atoms with Crippen molar-refractivity contribution in [1.29, 1.82) is 0 Å². The number of hydrogen-bond acceptors (Lipinski definition) is 6. The Bertz CT molecular complexity index is 935. The van der Waals surface area contributed by atoms with Crippen molar-refractivity contribution in [3.8, 4) is 17.0 Å². The van der Waals surface area contributed by atoms with E-state index >= 15 is 0 Å². The Morgan fingerprint density at radius 3 is 2.96 bits per heavy atom. The minimum Gasteiger partial charge on any atom is -0.494 e. The van der Waals surface area contributed by atoms with Gasteiger partial charge >= 0.3 is 0 Å². The SMILES string of the molecule is NCCCOc1ccc2c(c1)c(-c1cncc(CO)c1)nn2C1CCCCO1. The second kappa shape index (κ2) is 8.68. The van der Waals surface area contributed by atoms with Crippen molar-refractivity contribution in [2.24, 2.45) is 5.73 Å². The van der Waals surface area contributed by atoms with Gasteiger partial charge in [-0.05, 0) is 62.1 Å². The highest BCUT2D eigenvalue weighted by molar-refractivity contribution is 5.94. The van der Waals surface area contributed by atoms with Gasteiger partial charge in [-0.2, -0.15) is 5.10 Å². The van der Waals surface area contributed by atoms with E-state index in [1.807, 2.05) is 28.9 Å². The third kappa shape index (κ3) is 3.87. The molecule has 3 N–H and O–H groups in total. The Balaban J connectivity index is 1.79. The topological polar surface area (TPSA) is 95.4 Å². The van der Waals surface area contributed by atoms with Crippen LogP contribution in [0.3, 0.4) is 0 Å². The molecular formula is C21H26N4O3. The van der Waals surface area contributed by atoms with Gasteiger partial charge in [0, 0.05) is 30.0 Å². The van der Waals surface area contributed by atoms with E-state index in [1.165, 1.54) is 0 Å². The highest BCUT2D eigenvalue weighted by atomic mass is 16.5. The second-order valence-corrected chi connectivity index (χ2v) is 7.02. The summed E-state index contributed by atoms with van der Waals surface area (Å²) in [6, 6.07) is 7.93. The van der Waals surface area contributed by atoms with Crippen LogP contribution in [0.4, 0.5) is 0 Å². The van der Waals surface area contributed by atoms with E-state index in [1.54, 1.807) is 12.4 Å². The molecule has 7 nitrogen and oxygen atoms in total. The van der Waals surface area contributed by atoms with E-state index in [2.05, 4.69) is 4.98 Å². The van der Waals surface area contributed by atoms with Crippen molar-refractivity contribution in [2.75, 3.05) is 19.8 Å². The molecule has 1 fully saturated rings. The number of aromatic nitrogens is 3. The molecule has 4 rings (SSSR count). The summed E-state index contributed by atoms with van der Waals surface area (Å²) < 4.78 is 13.8. The van der Waals surface area contributed by atoms with E-state index in [0.29, 0.717) is 13.2 Å². The molecule has 148 valence electrons. The molecular weight excluding hydrogens is 356 g/mol. The largest absolute Gasteiger partial charge is 0.494 e. The first-order valence-corrected chi connectivity index (χ1v) is 9.82. The zero-order chi connectivity index (χ0) is 19.3. The summed E-state index contributed by atoms with van der Waals surface area (Å²) in [5.41, 5.74) is 9.00. The summed E-state index contributed by atoms with van der Waals surface area (Å²) >= 11 is 0. The lowest BCUT2D eigenvalue weighted by Crippen LogP contribution is -2.19. The molecule has 1 atom stereocenters. The van der Waals surface area contributed by atoms with Crippen LogP contribution in [0.2, 0.25) is 0 Å². The van der Waals surface area contributed by atoms with Crippen molar-refractivity contribution in [3.05, 3.63) is 42.2 Å². The number of aliphatic hydroxyl groups excluding tert-OH is 1. The normalized spacial score (nSPS) is 17.1. The maximum Gasteiger partial charge on any atom is 0.150 e. The number of fused-ring (bicyclic) bond motifs is 1. The molecule has 1 aliphatic heterocycles. The van der Waals surface area contributed by atoms with Gasteiger partial charge < -0.3 is 20.3 Å². The lowest BCUT2D eigenvalue weighted by Gasteiger charge is -2.23. The van der Waals surface area contributed by atoms with E-state index < -0.39 is 0 Å². The Labute approximate surface area is 164 Å². The average molecular weight is 382 g/mol. The molecule has 1 aromatic carbocycles. The van der Waals surface area contributed by atoms with Crippen LogP contribution in [0.5, 0.6) is 5.75 Å². The number of hydrogen-bond donors (Lipinski definition) is 2. The number of pyridine rings is 1. The molecule has 7 heteroatoms. The summed E-state index contributed by atoms with van der Waals surface area (Å²) in [5.74, 6) is 0.789. The van der Waals surface area contributed by atoms with Gasteiger partial charge in [0.15, 0.2) is 6.23 Å². The fraction of sp³-hybridized carbons (Fsp3) is 0.429. The molecule has 0 saturated carbocycles. The Hall–Kier alpha value is -2.48. The quantitative estimate of drug-likeness (QED) is 0.610. The van der Waals surface area contributed by atoms with Gasteiger partial charge in [0.2, 0.25) is 0 Å². The third-order valence-corrected chi connectivity index (χ3v) is 4.97.